The number of ether oxygens (including phenoxy) is 1. The van der Waals surface area contributed by atoms with Crippen molar-refractivity contribution in [3.05, 3.63) is 94.8 Å². The number of hydrogen-bond acceptors (Lipinski definition) is 4. The fraction of sp³-hybridized carbons (Fsp3) is 0.0870. The predicted octanol–water partition coefficient (Wildman–Crippen LogP) is 4.54. The van der Waals surface area contributed by atoms with Gasteiger partial charge in [-0.15, -0.1) is 0 Å². The molecule has 2 amide bonds. The molecule has 0 heterocycles. The van der Waals surface area contributed by atoms with E-state index in [-0.39, 0.29) is 5.69 Å². The van der Waals surface area contributed by atoms with Crippen LogP contribution in [0.25, 0.3) is 0 Å². The summed E-state index contributed by atoms with van der Waals surface area (Å²) in [5, 5.41) is 6.78. The summed E-state index contributed by atoms with van der Waals surface area (Å²) in [7, 11) is 0. The molecule has 0 aromatic heterocycles. The Morgan fingerprint density at radius 3 is 2.32 bits per heavy atom. The Balaban J connectivity index is 1.53. The van der Waals surface area contributed by atoms with E-state index in [2.05, 4.69) is 15.8 Å². The van der Waals surface area contributed by atoms with E-state index in [1.54, 1.807) is 49.4 Å². The first kappa shape index (κ1) is 22.0. The number of amides is 2. The second-order valence-corrected chi connectivity index (χ2v) is 6.95. The first-order valence-electron chi connectivity index (χ1n) is 9.30. The summed E-state index contributed by atoms with van der Waals surface area (Å²) in [4.78, 5) is 23.8. The van der Waals surface area contributed by atoms with Crippen LogP contribution in [0.2, 0.25) is 5.02 Å². The minimum atomic E-state index is -1.02. The zero-order valence-electron chi connectivity index (χ0n) is 16.6. The van der Waals surface area contributed by atoms with E-state index < -0.39 is 17.6 Å². The third-order valence-electron chi connectivity index (χ3n) is 4.24. The van der Waals surface area contributed by atoms with E-state index in [0.29, 0.717) is 23.1 Å². The van der Waals surface area contributed by atoms with Crippen LogP contribution in [0.3, 0.4) is 0 Å². The molecule has 3 aromatic carbocycles. The molecule has 2 N–H and O–H groups in total. The molecule has 0 unspecified atom stereocenters. The molecule has 0 saturated carbocycles. The lowest BCUT2D eigenvalue weighted by Crippen LogP contribution is -2.33. The Labute approximate surface area is 183 Å². The average molecular weight is 440 g/mol. The second-order valence-electron chi connectivity index (χ2n) is 6.51. The topological polar surface area (TPSA) is 79.8 Å². The summed E-state index contributed by atoms with van der Waals surface area (Å²) in [6, 6.07) is 20.0. The Kier molecular flexibility index (Phi) is 7.35. The standard InChI is InChI=1S/C23H19ClFN3O3/c1-15(27-28-23(30)22(29)26-21-5-3-2-4-20(21)25)17-8-12-19(13-9-17)31-14-16-6-10-18(24)11-7-16/h2-13H,14H2,1H3,(H,26,29)(H,28,30). The molecule has 3 rings (SSSR count). The Morgan fingerprint density at radius 1 is 0.968 bits per heavy atom. The lowest BCUT2D eigenvalue weighted by molar-refractivity contribution is -0.136. The van der Waals surface area contributed by atoms with Crippen LogP contribution in [-0.4, -0.2) is 17.5 Å². The van der Waals surface area contributed by atoms with Crippen LogP contribution in [-0.2, 0) is 16.2 Å². The largest absolute Gasteiger partial charge is 0.489 e. The maximum absolute atomic E-state index is 13.6. The minimum Gasteiger partial charge on any atom is -0.489 e. The van der Waals surface area contributed by atoms with Crippen LogP contribution in [0.1, 0.15) is 18.1 Å². The number of carbonyl (C=O) groups excluding carboxylic acids is 2. The number of hydrazone groups is 1. The van der Waals surface area contributed by atoms with Crippen molar-refractivity contribution in [2.24, 2.45) is 5.10 Å². The zero-order chi connectivity index (χ0) is 22.2. The summed E-state index contributed by atoms with van der Waals surface area (Å²) < 4.78 is 19.3. The third kappa shape index (κ3) is 6.38. The highest BCUT2D eigenvalue weighted by atomic mass is 35.5. The molecule has 0 atom stereocenters. The number of anilines is 1. The summed E-state index contributed by atoms with van der Waals surface area (Å²) in [6.07, 6.45) is 0. The predicted molar refractivity (Wildman–Crippen MR) is 118 cm³/mol. The summed E-state index contributed by atoms with van der Waals surface area (Å²) in [5.41, 5.74) is 4.27. The molecule has 0 radical (unpaired) electrons. The van der Waals surface area contributed by atoms with Crippen molar-refractivity contribution in [1.29, 1.82) is 0 Å². The van der Waals surface area contributed by atoms with Gasteiger partial charge in [-0.3, -0.25) is 9.59 Å². The number of nitrogens with zero attached hydrogens (tertiary/aromatic N) is 1. The minimum absolute atomic E-state index is 0.0856. The average Bonchev–Trinajstić information content (AvgIpc) is 2.78. The Hall–Kier alpha value is -3.71. The van der Waals surface area contributed by atoms with Gasteiger partial charge in [0, 0.05) is 5.02 Å². The lowest BCUT2D eigenvalue weighted by Gasteiger charge is -2.08. The SMILES string of the molecule is CC(=NNC(=O)C(=O)Nc1ccccc1F)c1ccc(OCc2ccc(Cl)cc2)cc1. The number of halogens is 2. The molecule has 0 fully saturated rings. The van der Waals surface area contributed by atoms with Crippen molar-refractivity contribution in [2.45, 2.75) is 13.5 Å². The van der Waals surface area contributed by atoms with E-state index in [9.17, 15) is 14.0 Å². The van der Waals surface area contributed by atoms with Crippen molar-refractivity contribution in [1.82, 2.24) is 5.43 Å². The number of rotatable bonds is 6. The maximum Gasteiger partial charge on any atom is 0.329 e. The van der Waals surface area contributed by atoms with Crippen LogP contribution in [0, 0.1) is 5.82 Å². The molecule has 8 heteroatoms. The summed E-state index contributed by atoms with van der Waals surface area (Å²) in [5.74, 6) is -2.00. The molecule has 0 aliphatic heterocycles. The molecule has 0 saturated heterocycles. The molecule has 0 spiro atoms. The monoisotopic (exact) mass is 439 g/mol. The molecular weight excluding hydrogens is 421 g/mol. The van der Waals surface area contributed by atoms with Gasteiger partial charge in [-0.2, -0.15) is 5.10 Å². The molecular formula is C23H19ClFN3O3. The highest BCUT2D eigenvalue weighted by molar-refractivity contribution is 6.39. The Bertz CT molecular complexity index is 1100. The van der Waals surface area contributed by atoms with Gasteiger partial charge in [0.15, 0.2) is 0 Å². The van der Waals surface area contributed by atoms with Gasteiger partial charge in [-0.25, -0.2) is 9.82 Å². The quantitative estimate of drug-likeness (QED) is 0.336. The molecule has 0 aliphatic rings. The molecule has 0 bridgehead atoms. The van der Waals surface area contributed by atoms with Gasteiger partial charge in [0.1, 0.15) is 18.2 Å². The third-order valence-corrected chi connectivity index (χ3v) is 4.50. The van der Waals surface area contributed by atoms with Gasteiger partial charge in [0.05, 0.1) is 11.4 Å². The smallest absolute Gasteiger partial charge is 0.329 e. The number of para-hydroxylation sites is 1. The fourth-order valence-electron chi connectivity index (χ4n) is 2.53. The van der Waals surface area contributed by atoms with Gasteiger partial charge >= 0.3 is 11.8 Å². The molecule has 31 heavy (non-hydrogen) atoms. The van der Waals surface area contributed by atoms with E-state index in [1.165, 1.54) is 18.2 Å². The van der Waals surface area contributed by atoms with E-state index in [4.69, 9.17) is 16.3 Å². The van der Waals surface area contributed by atoms with Crippen LogP contribution in [0.4, 0.5) is 10.1 Å². The van der Waals surface area contributed by atoms with Gasteiger partial charge in [0.2, 0.25) is 0 Å². The van der Waals surface area contributed by atoms with Crippen LogP contribution < -0.4 is 15.5 Å². The van der Waals surface area contributed by atoms with Gasteiger partial charge in [0.25, 0.3) is 0 Å². The number of benzene rings is 3. The first-order valence-corrected chi connectivity index (χ1v) is 9.68. The number of hydrogen-bond donors (Lipinski definition) is 2. The number of carbonyl (C=O) groups is 2. The van der Waals surface area contributed by atoms with Gasteiger partial charge in [-0.05, 0) is 66.6 Å². The van der Waals surface area contributed by atoms with Crippen molar-refractivity contribution >= 4 is 34.8 Å². The van der Waals surface area contributed by atoms with Crippen molar-refractivity contribution in [2.75, 3.05) is 5.32 Å². The van der Waals surface area contributed by atoms with Gasteiger partial charge < -0.3 is 10.1 Å². The molecule has 3 aromatic rings. The van der Waals surface area contributed by atoms with Gasteiger partial charge in [-0.1, -0.05) is 35.9 Å². The molecule has 6 nitrogen and oxygen atoms in total. The van der Waals surface area contributed by atoms with E-state index in [1.807, 2.05) is 12.1 Å². The number of nitrogens with one attached hydrogen (secondary N) is 2. The molecule has 0 aliphatic carbocycles. The van der Waals surface area contributed by atoms with Crippen molar-refractivity contribution in [3.63, 3.8) is 0 Å². The fourth-order valence-corrected chi connectivity index (χ4v) is 2.66. The van der Waals surface area contributed by atoms with Crippen molar-refractivity contribution in [3.8, 4) is 5.75 Å². The molecule has 158 valence electrons. The highest BCUT2D eigenvalue weighted by Gasteiger charge is 2.15. The van der Waals surface area contributed by atoms with E-state index >= 15 is 0 Å². The van der Waals surface area contributed by atoms with E-state index in [0.717, 1.165) is 11.1 Å². The maximum atomic E-state index is 13.6. The van der Waals surface area contributed by atoms with Crippen LogP contribution >= 0.6 is 11.6 Å². The summed E-state index contributed by atoms with van der Waals surface area (Å²) >= 11 is 5.87. The normalized spacial score (nSPS) is 11.0. The zero-order valence-corrected chi connectivity index (χ0v) is 17.3. The van der Waals surface area contributed by atoms with Crippen LogP contribution in [0.15, 0.2) is 77.9 Å². The van der Waals surface area contributed by atoms with Crippen molar-refractivity contribution < 1.29 is 18.7 Å². The highest BCUT2D eigenvalue weighted by Crippen LogP contribution is 2.16. The summed E-state index contributed by atoms with van der Waals surface area (Å²) in [6.45, 7) is 2.08. The lowest BCUT2D eigenvalue weighted by atomic mass is 10.1. The Morgan fingerprint density at radius 2 is 1.65 bits per heavy atom. The van der Waals surface area contributed by atoms with Crippen LogP contribution in [0.5, 0.6) is 5.75 Å². The first-order chi connectivity index (χ1) is 14.9. The second kappa shape index (κ2) is 10.4.